The molecule has 1 unspecified atom stereocenters. The Labute approximate surface area is 114 Å². The highest BCUT2D eigenvalue weighted by atomic mass is 15.3. The predicted octanol–water partition coefficient (Wildman–Crippen LogP) is 2.33. The Morgan fingerprint density at radius 1 is 1.26 bits per heavy atom. The Bertz CT molecular complexity index is 545. The molecule has 0 bridgehead atoms. The first-order valence-electron chi connectivity index (χ1n) is 6.74. The summed E-state index contributed by atoms with van der Waals surface area (Å²) in [6.07, 6.45) is 4.76. The summed E-state index contributed by atoms with van der Waals surface area (Å²) < 4.78 is 1.96. The molecule has 0 aromatic carbocycles. The molecule has 0 spiro atoms. The highest BCUT2D eigenvalue weighted by Gasteiger charge is 2.14. The standard InChI is InChI=1S/C15H22N4/c1-5-17-15(13-6-11(2)9-16-10-13)8-14-7-12(3)18-19(14)4/h6-7,9-10,15,17H,5,8H2,1-4H3. The van der Waals surface area contributed by atoms with E-state index >= 15 is 0 Å². The number of likely N-dealkylation sites (N-methyl/N-ethyl adjacent to an activating group) is 1. The molecule has 0 amide bonds. The van der Waals surface area contributed by atoms with Gasteiger partial charge in [0.05, 0.1) is 5.69 Å². The molecule has 4 heteroatoms. The zero-order valence-electron chi connectivity index (χ0n) is 12.1. The number of hydrogen-bond donors (Lipinski definition) is 1. The minimum Gasteiger partial charge on any atom is -0.310 e. The van der Waals surface area contributed by atoms with Gasteiger partial charge in [-0.25, -0.2) is 0 Å². The molecule has 2 rings (SSSR count). The zero-order chi connectivity index (χ0) is 13.8. The fourth-order valence-electron chi connectivity index (χ4n) is 2.39. The first-order valence-corrected chi connectivity index (χ1v) is 6.74. The van der Waals surface area contributed by atoms with Crippen LogP contribution in [0.3, 0.4) is 0 Å². The molecule has 0 saturated heterocycles. The first-order chi connectivity index (χ1) is 9.10. The van der Waals surface area contributed by atoms with E-state index < -0.39 is 0 Å². The van der Waals surface area contributed by atoms with Crippen LogP contribution in [0.1, 0.15) is 35.5 Å². The van der Waals surface area contributed by atoms with Crippen molar-refractivity contribution in [3.63, 3.8) is 0 Å². The van der Waals surface area contributed by atoms with Gasteiger partial charge in [0.1, 0.15) is 0 Å². The molecule has 0 aliphatic heterocycles. The third kappa shape index (κ3) is 3.41. The van der Waals surface area contributed by atoms with Gasteiger partial charge in [-0.15, -0.1) is 0 Å². The lowest BCUT2D eigenvalue weighted by atomic mass is 10.0. The molecule has 1 atom stereocenters. The molecule has 0 aliphatic carbocycles. The highest BCUT2D eigenvalue weighted by Crippen LogP contribution is 2.19. The lowest BCUT2D eigenvalue weighted by Crippen LogP contribution is -2.24. The summed E-state index contributed by atoms with van der Waals surface area (Å²) in [5.41, 5.74) is 4.74. The maximum Gasteiger partial charge on any atom is 0.0596 e. The average molecular weight is 258 g/mol. The third-order valence-electron chi connectivity index (χ3n) is 3.26. The van der Waals surface area contributed by atoms with Gasteiger partial charge in [0, 0.05) is 37.6 Å². The molecular formula is C15H22N4. The van der Waals surface area contributed by atoms with Gasteiger partial charge in [-0.2, -0.15) is 5.10 Å². The molecule has 2 heterocycles. The van der Waals surface area contributed by atoms with Crippen LogP contribution in [0.25, 0.3) is 0 Å². The van der Waals surface area contributed by atoms with Gasteiger partial charge in [0.15, 0.2) is 0 Å². The Morgan fingerprint density at radius 2 is 2.05 bits per heavy atom. The minimum atomic E-state index is 0.284. The topological polar surface area (TPSA) is 42.7 Å². The third-order valence-corrected chi connectivity index (χ3v) is 3.26. The van der Waals surface area contributed by atoms with Gasteiger partial charge < -0.3 is 5.32 Å². The Balaban J connectivity index is 2.23. The highest BCUT2D eigenvalue weighted by molar-refractivity contribution is 5.22. The van der Waals surface area contributed by atoms with Gasteiger partial charge in [-0.05, 0) is 37.6 Å². The molecular weight excluding hydrogens is 236 g/mol. The van der Waals surface area contributed by atoms with E-state index in [1.165, 1.54) is 16.8 Å². The van der Waals surface area contributed by atoms with Crippen LogP contribution >= 0.6 is 0 Å². The number of hydrogen-bond acceptors (Lipinski definition) is 3. The van der Waals surface area contributed by atoms with Crippen molar-refractivity contribution >= 4 is 0 Å². The van der Waals surface area contributed by atoms with Crippen molar-refractivity contribution < 1.29 is 0 Å². The van der Waals surface area contributed by atoms with Gasteiger partial charge >= 0.3 is 0 Å². The van der Waals surface area contributed by atoms with Gasteiger partial charge in [-0.3, -0.25) is 9.67 Å². The van der Waals surface area contributed by atoms with E-state index in [0.29, 0.717) is 0 Å². The van der Waals surface area contributed by atoms with E-state index in [1.807, 2.05) is 31.0 Å². The van der Waals surface area contributed by atoms with Crippen LogP contribution in [-0.4, -0.2) is 21.3 Å². The molecule has 0 radical (unpaired) electrons. The quantitative estimate of drug-likeness (QED) is 0.895. The normalized spacial score (nSPS) is 12.6. The van der Waals surface area contributed by atoms with Crippen LogP contribution in [0.15, 0.2) is 24.5 Å². The SMILES string of the molecule is CCNC(Cc1cc(C)nn1C)c1cncc(C)c1. The number of rotatable bonds is 5. The van der Waals surface area contributed by atoms with Crippen LogP contribution in [0.2, 0.25) is 0 Å². The molecule has 2 aromatic heterocycles. The van der Waals surface area contributed by atoms with Gasteiger partial charge in [0.25, 0.3) is 0 Å². The molecule has 0 saturated carbocycles. The number of aryl methyl sites for hydroxylation is 3. The van der Waals surface area contributed by atoms with Crippen molar-refractivity contribution in [1.82, 2.24) is 20.1 Å². The van der Waals surface area contributed by atoms with E-state index in [0.717, 1.165) is 18.7 Å². The van der Waals surface area contributed by atoms with Gasteiger partial charge in [-0.1, -0.05) is 13.0 Å². The second kappa shape index (κ2) is 5.97. The van der Waals surface area contributed by atoms with Crippen molar-refractivity contribution in [2.75, 3.05) is 6.54 Å². The van der Waals surface area contributed by atoms with Crippen LogP contribution in [0.5, 0.6) is 0 Å². The molecule has 4 nitrogen and oxygen atoms in total. The maximum atomic E-state index is 4.41. The second-order valence-corrected chi connectivity index (χ2v) is 5.01. The first kappa shape index (κ1) is 13.7. The Kier molecular flexibility index (Phi) is 4.32. The fraction of sp³-hybridized carbons (Fsp3) is 0.467. The average Bonchev–Trinajstić information content (AvgIpc) is 2.67. The summed E-state index contributed by atoms with van der Waals surface area (Å²) in [6.45, 7) is 7.17. The van der Waals surface area contributed by atoms with Crippen molar-refractivity contribution in [3.8, 4) is 0 Å². The molecule has 102 valence electrons. The molecule has 1 N–H and O–H groups in total. The summed E-state index contributed by atoms with van der Waals surface area (Å²) in [6, 6.07) is 4.63. The van der Waals surface area contributed by atoms with E-state index in [9.17, 15) is 0 Å². The number of nitrogens with one attached hydrogen (secondary N) is 1. The van der Waals surface area contributed by atoms with Gasteiger partial charge in [0.2, 0.25) is 0 Å². The van der Waals surface area contributed by atoms with Crippen LogP contribution in [-0.2, 0) is 13.5 Å². The zero-order valence-corrected chi connectivity index (χ0v) is 12.1. The lowest BCUT2D eigenvalue weighted by molar-refractivity contribution is 0.527. The van der Waals surface area contributed by atoms with Crippen molar-refractivity contribution in [3.05, 3.63) is 47.0 Å². The minimum absolute atomic E-state index is 0.284. The van der Waals surface area contributed by atoms with E-state index in [2.05, 4.69) is 41.4 Å². The summed E-state index contributed by atoms with van der Waals surface area (Å²) in [7, 11) is 2.00. The molecule has 0 fully saturated rings. The largest absolute Gasteiger partial charge is 0.310 e. The monoisotopic (exact) mass is 258 g/mol. The van der Waals surface area contributed by atoms with Crippen LogP contribution < -0.4 is 5.32 Å². The van der Waals surface area contributed by atoms with Crippen LogP contribution in [0, 0.1) is 13.8 Å². The Morgan fingerprint density at radius 3 is 2.63 bits per heavy atom. The Hall–Kier alpha value is -1.68. The maximum absolute atomic E-state index is 4.41. The van der Waals surface area contributed by atoms with Crippen molar-refractivity contribution in [2.24, 2.45) is 7.05 Å². The number of pyridine rings is 1. The van der Waals surface area contributed by atoms with E-state index in [-0.39, 0.29) is 6.04 Å². The smallest absolute Gasteiger partial charge is 0.0596 e. The second-order valence-electron chi connectivity index (χ2n) is 5.01. The van der Waals surface area contributed by atoms with E-state index in [1.54, 1.807) is 0 Å². The van der Waals surface area contributed by atoms with Crippen molar-refractivity contribution in [1.29, 1.82) is 0 Å². The molecule has 2 aromatic rings. The summed E-state index contributed by atoms with van der Waals surface area (Å²) in [5.74, 6) is 0. The predicted molar refractivity (Wildman–Crippen MR) is 77.0 cm³/mol. The summed E-state index contributed by atoms with van der Waals surface area (Å²) >= 11 is 0. The van der Waals surface area contributed by atoms with Crippen molar-refractivity contribution in [2.45, 2.75) is 33.2 Å². The number of nitrogens with zero attached hydrogens (tertiary/aromatic N) is 3. The van der Waals surface area contributed by atoms with Crippen LogP contribution in [0.4, 0.5) is 0 Å². The van der Waals surface area contributed by atoms with E-state index in [4.69, 9.17) is 0 Å². The summed E-state index contributed by atoms with van der Waals surface area (Å²) in [4.78, 5) is 4.29. The number of aromatic nitrogens is 3. The summed E-state index contributed by atoms with van der Waals surface area (Å²) in [5, 5.41) is 7.94. The lowest BCUT2D eigenvalue weighted by Gasteiger charge is -2.18. The fourth-order valence-corrected chi connectivity index (χ4v) is 2.39. The molecule has 0 aliphatic rings. The molecule has 19 heavy (non-hydrogen) atoms.